The number of esters is 2. The fourth-order valence-electron chi connectivity index (χ4n) is 1.85. The molecule has 0 heterocycles. The zero-order valence-corrected chi connectivity index (χ0v) is 13.6. The van der Waals surface area contributed by atoms with Crippen molar-refractivity contribution in [2.24, 2.45) is 5.92 Å². The highest BCUT2D eigenvalue weighted by Crippen LogP contribution is 2.23. The molecule has 1 rings (SSSR count). The normalized spacial score (nSPS) is 10.4. The molecule has 0 radical (unpaired) electrons. The number of benzene rings is 1. The number of hydrogen-bond acceptors (Lipinski definition) is 5. The van der Waals surface area contributed by atoms with E-state index in [-0.39, 0.29) is 13.2 Å². The third-order valence-corrected chi connectivity index (χ3v) is 3.19. The van der Waals surface area contributed by atoms with Crippen LogP contribution in [0.15, 0.2) is 24.3 Å². The zero-order chi connectivity index (χ0) is 16.4. The minimum absolute atomic E-state index is 0.227. The van der Waals surface area contributed by atoms with E-state index in [1.807, 2.05) is 12.1 Å². The molecule has 0 spiro atoms. The molecule has 0 aromatic heterocycles. The highest BCUT2D eigenvalue weighted by atomic mass is 35.5. The van der Waals surface area contributed by atoms with E-state index >= 15 is 0 Å². The summed E-state index contributed by atoms with van der Waals surface area (Å²) in [6.07, 6.45) is 0.815. The van der Waals surface area contributed by atoms with Gasteiger partial charge >= 0.3 is 11.9 Å². The number of carbonyl (C=O) groups is 2. The van der Waals surface area contributed by atoms with Gasteiger partial charge in [-0.25, -0.2) is 0 Å². The Morgan fingerprint density at radius 2 is 1.68 bits per heavy atom. The molecule has 0 bridgehead atoms. The first kappa shape index (κ1) is 18.3. The van der Waals surface area contributed by atoms with E-state index in [0.29, 0.717) is 30.2 Å². The molecule has 0 amide bonds. The highest BCUT2D eigenvalue weighted by Gasteiger charge is 2.28. The summed E-state index contributed by atoms with van der Waals surface area (Å²) in [5, 5.41) is 0.523. The number of rotatable bonds is 9. The van der Waals surface area contributed by atoms with Crippen molar-refractivity contribution in [2.45, 2.75) is 26.7 Å². The van der Waals surface area contributed by atoms with Gasteiger partial charge in [0.1, 0.15) is 5.75 Å². The Hall–Kier alpha value is -1.75. The largest absolute Gasteiger partial charge is 0.492 e. The summed E-state index contributed by atoms with van der Waals surface area (Å²) < 4.78 is 15.3. The first-order valence-electron chi connectivity index (χ1n) is 7.30. The fraction of sp³-hybridized carbons (Fsp3) is 0.500. The Labute approximate surface area is 135 Å². The lowest BCUT2D eigenvalue weighted by molar-refractivity contribution is -0.162. The molecule has 0 aliphatic heterocycles. The van der Waals surface area contributed by atoms with Crippen LogP contribution in [0.5, 0.6) is 5.75 Å². The van der Waals surface area contributed by atoms with Crippen LogP contribution < -0.4 is 4.74 Å². The standard InChI is InChI=1S/C16H21ClO5/c1-3-20-15(18)12(16(19)21-4-2)8-7-11-22-14-10-6-5-9-13(14)17/h5-6,9-10,12H,3-4,7-8,11H2,1-2H3. The van der Waals surface area contributed by atoms with E-state index in [4.69, 9.17) is 25.8 Å². The maximum absolute atomic E-state index is 11.8. The predicted molar refractivity (Wildman–Crippen MR) is 82.9 cm³/mol. The van der Waals surface area contributed by atoms with Crippen LogP contribution in [0.4, 0.5) is 0 Å². The third kappa shape index (κ3) is 5.93. The summed E-state index contributed by atoms with van der Waals surface area (Å²) in [5.41, 5.74) is 0. The van der Waals surface area contributed by atoms with Crippen LogP contribution in [-0.2, 0) is 19.1 Å². The lowest BCUT2D eigenvalue weighted by Crippen LogP contribution is -2.28. The molecule has 0 fully saturated rings. The van der Waals surface area contributed by atoms with Crippen LogP contribution in [0.1, 0.15) is 26.7 Å². The Kier molecular flexibility index (Phi) is 8.36. The van der Waals surface area contributed by atoms with E-state index < -0.39 is 17.9 Å². The van der Waals surface area contributed by atoms with Gasteiger partial charge in [0.25, 0.3) is 0 Å². The summed E-state index contributed by atoms with van der Waals surface area (Å²) in [6, 6.07) is 7.13. The molecule has 122 valence electrons. The number of halogens is 1. The van der Waals surface area contributed by atoms with Gasteiger partial charge in [0.15, 0.2) is 5.92 Å². The topological polar surface area (TPSA) is 61.8 Å². The van der Waals surface area contributed by atoms with Crippen LogP contribution in [0.2, 0.25) is 5.02 Å². The monoisotopic (exact) mass is 328 g/mol. The number of carbonyl (C=O) groups excluding carboxylic acids is 2. The van der Waals surface area contributed by atoms with Crippen molar-refractivity contribution in [3.63, 3.8) is 0 Å². The highest BCUT2D eigenvalue weighted by molar-refractivity contribution is 6.32. The molecule has 0 atom stereocenters. The molecule has 22 heavy (non-hydrogen) atoms. The van der Waals surface area contributed by atoms with Crippen molar-refractivity contribution in [3.05, 3.63) is 29.3 Å². The van der Waals surface area contributed by atoms with Crippen molar-refractivity contribution >= 4 is 23.5 Å². The molecule has 1 aromatic rings. The maximum Gasteiger partial charge on any atom is 0.320 e. The molecule has 6 heteroatoms. The van der Waals surface area contributed by atoms with Crippen LogP contribution in [0.3, 0.4) is 0 Å². The first-order valence-corrected chi connectivity index (χ1v) is 7.68. The third-order valence-electron chi connectivity index (χ3n) is 2.87. The van der Waals surface area contributed by atoms with Gasteiger partial charge in [0.2, 0.25) is 0 Å². The minimum Gasteiger partial charge on any atom is -0.492 e. The molecule has 0 aliphatic rings. The van der Waals surface area contributed by atoms with Gasteiger partial charge in [0.05, 0.1) is 24.8 Å². The average molecular weight is 329 g/mol. The zero-order valence-electron chi connectivity index (χ0n) is 12.8. The smallest absolute Gasteiger partial charge is 0.320 e. The summed E-state index contributed by atoms with van der Waals surface area (Å²) >= 11 is 5.98. The molecular formula is C16H21ClO5. The first-order chi connectivity index (χ1) is 10.6. The van der Waals surface area contributed by atoms with Gasteiger partial charge < -0.3 is 14.2 Å². The van der Waals surface area contributed by atoms with Gasteiger partial charge in [-0.05, 0) is 38.8 Å². The molecule has 0 saturated heterocycles. The molecule has 0 aliphatic carbocycles. The molecule has 1 aromatic carbocycles. The number of ether oxygens (including phenoxy) is 3. The summed E-state index contributed by atoms with van der Waals surface area (Å²) in [5.74, 6) is -1.44. The SMILES string of the molecule is CCOC(=O)C(CCCOc1ccccc1Cl)C(=O)OCC. The lowest BCUT2D eigenvalue weighted by Gasteiger charge is -2.14. The Bertz CT molecular complexity index is 471. The fourth-order valence-corrected chi connectivity index (χ4v) is 2.04. The summed E-state index contributed by atoms with van der Waals surface area (Å²) in [6.45, 7) is 4.19. The van der Waals surface area contributed by atoms with E-state index in [2.05, 4.69) is 0 Å². The lowest BCUT2D eigenvalue weighted by atomic mass is 10.0. The van der Waals surface area contributed by atoms with Gasteiger partial charge in [-0.15, -0.1) is 0 Å². The average Bonchev–Trinajstić information content (AvgIpc) is 2.49. The van der Waals surface area contributed by atoms with Gasteiger partial charge in [0, 0.05) is 0 Å². The van der Waals surface area contributed by atoms with Crippen molar-refractivity contribution in [1.29, 1.82) is 0 Å². The Morgan fingerprint density at radius 3 is 2.23 bits per heavy atom. The summed E-state index contributed by atoms with van der Waals surface area (Å²) in [7, 11) is 0. The van der Waals surface area contributed by atoms with Crippen LogP contribution >= 0.6 is 11.6 Å². The van der Waals surface area contributed by atoms with Crippen LogP contribution in [0, 0.1) is 5.92 Å². The number of hydrogen-bond donors (Lipinski definition) is 0. The van der Waals surface area contributed by atoms with E-state index in [9.17, 15) is 9.59 Å². The van der Waals surface area contributed by atoms with Gasteiger partial charge in [-0.3, -0.25) is 9.59 Å². The number of para-hydroxylation sites is 1. The Balaban J connectivity index is 2.47. The van der Waals surface area contributed by atoms with Crippen molar-refractivity contribution in [3.8, 4) is 5.75 Å². The van der Waals surface area contributed by atoms with Gasteiger partial charge in [-0.2, -0.15) is 0 Å². The second-order valence-electron chi connectivity index (χ2n) is 4.48. The van der Waals surface area contributed by atoms with Crippen molar-refractivity contribution in [1.82, 2.24) is 0 Å². The Morgan fingerprint density at radius 1 is 1.09 bits per heavy atom. The maximum atomic E-state index is 11.8. The van der Waals surface area contributed by atoms with E-state index in [1.165, 1.54) is 0 Å². The van der Waals surface area contributed by atoms with E-state index in [0.717, 1.165) is 0 Å². The van der Waals surface area contributed by atoms with Gasteiger partial charge in [-0.1, -0.05) is 23.7 Å². The quantitative estimate of drug-likeness (QED) is 0.395. The second kappa shape index (κ2) is 10.1. The molecule has 0 unspecified atom stereocenters. The van der Waals surface area contributed by atoms with Crippen LogP contribution in [-0.4, -0.2) is 31.8 Å². The second-order valence-corrected chi connectivity index (χ2v) is 4.88. The van der Waals surface area contributed by atoms with Crippen LogP contribution in [0.25, 0.3) is 0 Å². The van der Waals surface area contributed by atoms with Crippen molar-refractivity contribution < 1.29 is 23.8 Å². The van der Waals surface area contributed by atoms with E-state index in [1.54, 1.807) is 26.0 Å². The summed E-state index contributed by atoms with van der Waals surface area (Å²) in [4.78, 5) is 23.6. The molecule has 0 saturated carbocycles. The molecular weight excluding hydrogens is 308 g/mol. The molecule has 0 N–H and O–H groups in total. The van der Waals surface area contributed by atoms with Crippen molar-refractivity contribution in [2.75, 3.05) is 19.8 Å². The molecule has 5 nitrogen and oxygen atoms in total. The minimum atomic E-state index is -0.908. The predicted octanol–water partition coefficient (Wildman–Crippen LogP) is 3.24.